The lowest BCUT2D eigenvalue weighted by Crippen LogP contribution is -2.35. The highest BCUT2D eigenvalue weighted by molar-refractivity contribution is 7.20. The van der Waals surface area contributed by atoms with Crippen molar-refractivity contribution in [2.45, 2.75) is 47.6 Å². The smallest absolute Gasteiger partial charge is 0.261 e. The summed E-state index contributed by atoms with van der Waals surface area (Å²) < 4.78 is 0. The molecule has 108 valence electrons. The molecular formula is C15H21N3OS. The molecule has 4 nitrogen and oxygen atoms in total. The molecule has 0 saturated heterocycles. The molecule has 2 heterocycles. The van der Waals surface area contributed by atoms with E-state index < -0.39 is 0 Å². The first-order chi connectivity index (χ1) is 9.31. The van der Waals surface area contributed by atoms with Gasteiger partial charge in [0.05, 0.1) is 4.88 Å². The van der Waals surface area contributed by atoms with Crippen molar-refractivity contribution in [2.24, 2.45) is 5.92 Å². The zero-order valence-electron chi connectivity index (χ0n) is 12.9. The summed E-state index contributed by atoms with van der Waals surface area (Å²) in [6, 6.07) is 0.154. The summed E-state index contributed by atoms with van der Waals surface area (Å²) in [4.78, 5) is 22.9. The van der Waals surface area contributed by atoms with Crippen LogP contribution in [0.1, 0.15) is 47.5 Å². The number of nitrogens with zero attached hydrogens (tertiary/aromatic N) is 2. The predicted molar refractivity (Wildman–Crippen MR) is 83.4 cm³/mol. The number of fused-ring (bicyclic) bond motifs is 1. The fourth-order valence-corrected chi connectivity index (χ4v) is 3.31. The van der Waals surface area contributed by atoms with E-state index >= 15 is 0 Å². The maximum absolute atomic E-state index is 12.4. The third kappa shape index (κ3) is 2.68. The third-order valence-electron chi connectivity index (χ3n) is 3.65. The molecule has 0 aliphatic heterocycles. The van der Waals surface area contributed by atoms with Crippen molar-refractivity contribution in [3.63, 3.8) is 0 Å². The summed E-state index contributed by atoms with van der Waals surface area (Å²) in [5.41, 5.74) is 1.92. The molecule has 1 atom stereocenters. The van der Waals surface area contributed by atoms with Crippen molar-refractivity contribution in [2.75, 3.05) is 0 Å². The number of amides is 1. The van der Waals surface area contributed by atoms with Gasteiger partial charge in [-0.2, -0.15) is 0 Å². The molecule has 2 rings (SSSR count). The van der Waals surface area contributed by atoms with Crippen molar-refractivity contribution in [1.29, 1.82) is 0 Å². The number of rotatable bonds is 3. The molecule has 0 radical (unpaired) electrons. The molecule has 1 amide bonds. The minimum atomic E-state index is -0.0104. The Bertz CT molecular complexity index is 661. The van der Waals surface area contributed by atoms with Gasteiger partial charge in [-0.05, 0) is 39.2 Å². The number of aryl methyl sites for hydroxylation is 3. The molecule has 5 heteroatoms. The van der Waals surface area contributed by atoms with Gasteiger partial charge in [0.15, 0.2) is 0 Å². The van der Waals surface area contributed by atoms with Crippen LogP contribution in [0.3, 0.4) is 0 Å². The molecular weight excluding hydrogens is 270 g/mol. The van der Waals surface area contributed by atoms with E-state index in [2.05, 4.69) is 29.1 Å². The molecule has 0 bridgehead atoms. The summed E-state index contributed by atoms with van der Waals surface area (Å²) in [5.74, 6) is 1.15. The van der Waals surface area contributed by atoms with Crippen molar-refractivity contribution in [1.82, 2.24) is 15.3 Å². The number of aromatic nitrogens is 2. The maximum Gasteiger partial charge on any atom is 0.261 e. The standard InChI is InChI=1S/C15H21N3OS/c1-7(2)9(4)17-14(19)13-8(3)12-10(5)16-11(6)18-15(12)20-13/h7,9H,1-6H3,(H,17,19). The van der Waals surface area contributed by atoms with Crippen LogP contribution >= 0.6 is 11.3 Å². The second-order valence-electron chi connectivity index (χ2n) is 5.60. The van der Waals surface area contributed by atoms with E-state index in [0.717, 1.165) is 32.2 Å². The van der Waals surface area contributed by atoms with E-state index in [4.69, 9.17) is 0 Å². The van der Waals surface area contributed by atoms with Gasteiger partial charge in [-0.3, -0.25) is 4.79 Å². The third-order valence-corrected chi connectivity index (χ3v) is 4.83. The van der Waals surface area contributed by atoms with Gasteiger partial charge in [0.1, 0.15) is 10.7 Å². The summed E-state index contributed by atoms with van der Waals surface area (Å²) in [6.45, 7) is 12.0. The van der Waals surface area contributed by atoms with E-state index in [-0.39, 0.29) is 11.9 Å². The Hall–Kier alpha value is -1.49. The van der Waals surface area contributed by atoms with E-state index in [1.807, 2.05) is 27.7 Å². The Kier molecular flexibility index (Phi) is 4.09. The highest BCUT2D eigenvalue weighted by atomic mass is 32.1. The lowest BCUT2D eigenvalue weighted by molar-refractivity contribution is 0.0934. The Balaban J connectivity index is 2.43. The molecule has 0 aliphatic rings. The van der Waals surface area contributed by atoms with Crippen molar-refractivity contribution >= 4 is 27.5 Å². The van der Waals surface area contributed by atoms with Crippen LogP contribution in [-0.2, 0) is 0 Å². The molecule has 2 aromatic heterocycles. The van der Waals surface area contributed by atoms with Crippen molar-refractivity contribution in [3.8, 4) is 0 Å². The monoisotopic (exact) mass is 291 g/mol. The second kappa shape index (κ2) is 5.48. The van der Waals surface area contributed by atoms with Gasteiger partial charge in [0.2, 0.25) is 0 Å². The predicted octanol–water partition coefficient (Wildman–Crippen LogP) is 3.39. The van der Waals surface area contributed by atoms with E-state index in [0.29, 0.717) is 5.92 Å². The molecule has 0 fully saturated rings. The zero-order valence-corrected chi connectivity index (χ0v) is 13.7. The average Bonchev–Trinajstić information content (AvgIpc) is 2.66. The van der Waals surface area contributed by atoms with Crippen molar-refractivity contribution in [3.05, 3.63) is 22.0 Å². The molecule has 0 aliphatic carbocycles. The first-order valence-electron chi connectivity index (χ1n) is 6.86. The number of thiophene rings is 1. The van der Waals surface area contributed by atoms with E-state index in [9.17, 15) is 4.79 Å². The molecule has 1 unspecified atom stereocenters. The number of nitrogens with one attached hydrogen (secondary N) is 1. The quantitative estimate of drug-likeness (QED) is 0.943. The van der Waals surface area contributed by atoms with E-state index in [1.54, 1.807) is 0 Å². The maximum atomic E-state index is 12.4. The highest BCUT2D eigenvalue weighted by Crippen LogP contribution is 2.31. The van der Waals surface area contributed by atoms with Crippen LogP contribution in [0.5, 0.6) is 0 Å². The lowest BCUT2D eigenvalue weighted by Gasteiger charge is -2.17. The molecule has 0 saturated carbocycles. The summed E-state index contributed by atoms with van der Waals surface area (Å²) in [5, 5.41) is 4.07. The fourth-order valence-electron chi connectivity index (χ4n) is 2.13. The number of carbonyl (C=O) groups is 1. The Morgan fingerprint density at radius 2 is 1.80 bits per heavy atom. The lowest BCUT2D eigenvalue weighted by atomic mass is 10.1. The molecule has 2 aromatic rings. The van der Waals surface area contributed by atoms with Gasteiger partial charge < -0.3 is 5.32 Å². The highest BCUT2D eigenvalue weighted by Gasteiger charge is 2.20. The minimum absolute atomic E-state index is 0.0104. The zero-order chi connectivity index (χ0) is 15.0. The first-order valence-corrected chi connectivity index (χ1v) is 7.68. The van der Waals surface area contributed by atoms with Crippen LogP contribution in [-0.4, -0.2) is 21.9 Å². The summed E-state index contributed by atoms with van der Waals surface area (Å²) >= 11 is 1.45. The van der Waals surface area contributed by atoms with Gasteiger partial charge in [-0.15, -0.1) is 11.3 Å². The normalized spacial score (nSPS) is 12.9. The second-order valence-corrected chi connectivity index (χ2v) is 6.60. The molecule has 20 heavy (non-hydrogen) atoms. The topological polar surface area (TPSA) is 54.9 Å². The Morgan fingerprint density at radius 3 is 2.40 bits per heavy atom. The average molecular weight is 291 g/mol. The Labute approximate surface area is 123 Å². The van der Waals surface area contributed by atoms with Crippen LogP contribution < -0.4 is 5.32 Å². The van der Waals surface area contributed by atoms with Crippen LogP contribution in [0, 0.1) is 26.7 Å². The summed E-state index contributed by atoms with van der Waals surface area (Å²) in [6.07, 6.45) is 0. The number of hydrogen-bond acceptors (Lipinski definition) is 4. The van der Waals surface area contributed by atoms with Gasteiger partial charge in [-0.1, -0.05) is 13.8 Å². The van der Waals surface area contributed by atoms with Crippen LogP contribution in [0.2, 0.25) is 0 Å². The van der Waals surface area contributed by atoms with Crippen LogP contribution in [0.15, 0.2) is 0 Å². The molecule has 0 spiro atoms. The number of hydrogen-bond donors (Lipinski definition) is 1. The molecule has 1 N–H and O–H groups in total. The first kappa shape index (κ1) is 14.9. The minimum Gasteiger partial charge on any atom is -0.349 e. The summed E-state index contributed by atoms with van der Waals surface area (Å²) in [7, 11) is 0. The largest absolute Gasteiger partial charge is 0.349 e. The van der Waals surface area contributed by atoms with Crippen molar-refractivity contribution < 1.29 is 4.79 Å². The fraction of sp³-hybridized carbons (Fsp3) is 0.533. The van der Waals surface area contributed by atoms with Crippen LogP contribution in [0.4, 0.5) is 0 Å². The SMILES string of the molecule is Cc1nc(C)c2c(C)c(C(=O)NC(C)C(C)C)sc2n1. The Morgan fingerprint density at radius 1 is 1.15 bits per heavy atom. The van der Waals surface area contributed by atoms with Gasteiger partial charge >= 0.3 is 0 Å². The van der Waals surface area contributed by atoms with Gasteiger partial charge in [-0.25, -0.2) is 9.97 Å². The number of carbonyl (C=O) groups excluding carboxylic acids is 1. The van der Waals surface area contributed by atoms with Gasteiger partial charge in [0, 0.05) is 17.1 Å². The van der Waals surface area contributed by atoms with Gasteiger partial charge in [0.25, 0.3) is 5.91 Å². The van der Waals surface area contributed by atoms with E-state index in [1.165, 1.54) is 11.3 Å². The molecule has 0 aromatic carbocycles. The van der Waals surface area contributed by atoms with Crippen LogP contribution in [0.25, 0.3) is 10.2 Å².